The predicted octanol–water partition coefficient (Wildman–Crippen LogP) is 3.47. The highest BCUT2D eigenvalue weighted by Crippen LogP contribution is 2.28. The van der Waals surface area contributed by atoms with Crippen molar-refractivity contribution in [3.63, 3.8) is 0 Å². The van der Waals surface area contributed by atoms with E-state index < -0.39 is 10.0 Å². The Morgan fingerprint density at radius 1 is 1.03 bits per heavy atom. The van der Waals surface area contributed by atoms with Gasteiger partial charge in [0.15, 0.2) is 11.4 Å². The minimum atomic E-state index is -3.89. The second kappa shape index (κ2) is 8.38. The Labute approximate surface area is 200 Å². The van der Waals surface area contributed by atoms with E-state index in [-0.39, 0.29) is 16.6 Å². The Hall–Kier alpha value is -4.48. The molecule has 0 fully saturated rings. The maximum absolute atomic E-state index is 13.1. The molecule has 5 aromatic rings. The van der Waals surface area contributed by atoms with E-state index in [4.69, 9.17) is 15.4 Å². The van der Waals surface area contributed by atoms with Crippen LogP contribution in [-0.4, -0.2) is 29.3 Å². The average molecular weight is 489 g/mol. The topological polar surface area (TPSA) is 159 Å². The van der Waals surface area contributed by atoms with Gasteiger partial charge in [0, 0.05) is 11.3 Å². The van der Waals surface area contributed by atoms with Gasteiger partial charge < -0.3 is 15.6 Å². The maximum Gasteiger partial charge on any atom is 0.274 e. The summed E-state index contributed by atoms with van der Waals surface area (Å²) in [5.74, 6) is -0.123. The standard InChI is InChI=1S/C24H20N6O4S/c1-14-12-20(30(28-14)17-10-11-21-19(13-17)23(25)29-34-21)24(31)27-16-8-6-15(7-9-16)18-4-2-3-5-22(18)35(26,32)33/h2-13H,1H3,(H2,25,29)(H,27,31)(H2,26,32,33). The molecule has 0 saturated carbocycles. The summed E-state index contributed by atoms with van der Waals surface area (Å²) in [6.45, 7) is 1.79. The molecular weight excluding hydrogens is 468 g/mol. The van der Waals surface area contributed by atoms with Crippen LogP contribution in [0.25, 0.3) is 27.8 Å². The molecule has 35 heavy (non-hydrogen) atoms. The summed E-state index contributed by atoms with van der Waals surface area (Å²) >= 11 is 0. The number of aryl methyl sites for hydroxylation is 1. The molecule has 10 nitrogen and oxygen atoms in total. The number of carbonyl (C=O) groups is 1. The van der Waals surface area contributed by atoms with Gasteiger partial charge in [-0.05, 0) is 55.0 Å². The van der Waals surface area contributed by atoms with E-state index >= 15 is 0 Å². The number of fused-ring (bicyclic) bond motifs is 1. The zero-order valence-corrected chi connectivity index (χ0v) is 19.3. The van der Waals surface area contributed by atoms with Crippen LogP contribution in [0.2, 0.25) is 0 Å². The third-order valence-corrected chi connectivity index (χ3v) is 6.41. The number of primary sulfonamides is 1. The van der Waals surface area contributed by atoms with E-state index in [1.54, 1.807) is 73.7 Å². The summed E-state index contributed by atoms with van der Waals surface area (Å²) in [5.41, 5.74) is 9.64. The third kappa shape index (κ3) is 4.25. The Kier molecular flexibility index (Phi) is 5.35. The molecule has 0 spiro atoms. The summed E-state index contributed by atoms with van der Waals surface area (Å²) in [4.78, 5) is 13.1. The smallest absolute Gasteiger partial charge is 0.274 e. The van der Waals surface area contributed by atoms with Gasteiger partial charge >= 0.3 is 0 Å². The molecule has 0 bridgehead atoms. The number of nitrogen functional groups attached to an aromatic ring is 1. The summed E-state index contributed by atoms with van der Waals surface area (Å²) in [6, 6.07) is 20.2. The molecule has 5 rings (SSSR count). The molecule has 0 aliphatic rings. The zero-order valence-electron chi connectivity index (χ0n) is 18.5. The molecule has 0 radical (unpaired) electrons. The summed E-state index contributed by atoms with van der Waals surface area (Å²) in [6.07, 6.45) is 0. The number of amides is 1. The zero-order chi connectivity index (χ0) is 24.7. The Bertz CT molecular complexity index is 1690. The van der Waals surface area contributed by atoms with E-state index in [1.165, 1.54) is 10.7 Å². The van der Waals surface area contributed by atoms with Crippen molar-refractivity contribution in [1.82, 2.24) is 14.9 Å². The molecule has 2 heterocycles. The number of benzene rings is 3. The fraction of sp³-hybridized carbons (Fsp3) is 0.0417. The van der Waals surface area contributed by atoms with Crippen LogP contribution in [0.3, 0.4) is 0 Å². The van der Waals surface area contributed by atoms with Gasteiger partial charge in [-0.1, -0.05) is 35.5 Å². The van der Waals surface area contributed by atoms with Gasteiger partial charge in [0.2, 0.25) is 10.0 Å². The predicted molar refractivity (Wildman–Crippen MR) is 131 cm³/mol. The first-order valence-electron chi connectivity index (χ1n) is 10.5. The lowest BCUT2D eigenvalue weighted by molar-refractivity contribution is 0.101. The summed E-state index contributed by atoms with van der Waals surface area (Å²) < 4.78 is 30.5. The van der Waals surface area contributed by atoms with Crippen molar-refractivity contribution < 1.29 is 17.7 Å². The number of hydrogen-bond donors (Lipinski definition) is 3. The first-order valence-corrected chi connectivity index (χ1v) is 12.0. The molecule has 3 aromatic carbocycles. The number of sulfonamides is 1. The van der Waals surface area contributed by atoms with E-state index in [2.05, 4.69) is 15.6 Å². The van der Waals surface area contributed by atoms with E-state index in [0.717, 1.165) is 0 Å². The number of rotatable bonds is 5. The minimum Gasteiger partial charge on any atom is -0.380 e. The molecule has 0 unspecified atom stereocenters. The molecular formula is C24H20N6O4S. The fourth-order valence-electron chi connectivity index (χ4n) is 3.82. The van der Waals surface area contributed by atoms with Gasteiger partial charge in [0.05, 0.1) is 21.7 Å². The van der Waals surface area contributed by atoms with E-state index in [9.17, 15) is 13.2 Å². The van der Waals surface area contributed by atoms with Gasteiger partial charge in [-0.25, -0.2) is 18.2 Å². The average Bonchev–Trinajstić information content (AvgIpc) is 3.41. The lowest BCUT2D eigenvalue weighted by Crippen LogP contribution is -2.17. The normalized spacial score (nSPS) is 11.6. The molecule has 0 atom stereocenters. The lowest BCUT2D eigenvalue weighted by atomic mass is 10.1. The van der Waals surface area contributed by atoms with Crippen molar-refractivity contribution in [2.45, 2.75) is 11.8 Å². The number of aromatic nitrogens is 3. The highest BCUT2D eigenvalue weighted by atomic mass is 32.2. The number of nitrogens with zero attached hydrogens (tertiary/aromatic N) is 3. The molecule has 0 aliphatic heterocycles. The monoisotopic (exact) mass is 488 g/mol. The van der Waals surface area contributed by atoms with Crippen molar-refractivity contribution in [3.05, 3.63) is 84.2 Å². The van der Waals surface area contributed by atoms with Crippen LogP contribution in [0.15, 0.2) is 82.2 Å². The Morgan fingerprint density at radius 2 is 1.77 bits per heavy atom. The highest BCUT2D eigenvalue weighted by molar-refractivity contribution is 7.89. The molecule has 5 N–H and O–H groups in total. The van der Waals surface area contributed by atoms with Crippen LogP contribution in [0.5, 0.6) is 0 Å². The lowest BCUT2D eigenvalue weighted by Gasteiger charge is -2.11. The number of hydrogen-bond acceptors (Lipinski definition) is 7. The minimum absolute atomic E-state index is 0.0293. The van der Waals surface area contributed by atoms with Crippen LogP contribution in [0.4, 0.5) is 11.5 Å². The van der Waals surface area contributed by atoms with Gasteiger partial charge in [-0.15, -0.1) is 0 Å². The van der Waals surface area contributed by atoms with Crippen LogP contribution >= 0.6 is 0 Å². The fourth-order valence-corrected chi connectivity index (χ4v) is 4.58. The molecule has 2 aromatic heterocycles. The second-order valence-corrected chi connectivity index (χ2v) is 9.43. The maximum atomic E-state index is 13.1. The number of nitrogens with two attached hydrogens (primary N) is 2. The quantitative estimate of drug-likeness (QED) is 0.341. The third-order valence-electron chi connectivity index (χ3n) is 5.44. The van der Waals surface area contributed by atoms with Crippen LogP contribution < -0.4 is 16.2 Å². The molecule has 176 valence electrons. The molecule has 0 saturated heterocycles. The Balaban J connectivity index is 1.43. The van der Waals surface area contributed by atoms with Gasteiger partial charge in [0.25, 0.3) is 5.91 Å². The van der Waals surface area contributed by atoms with Crippen molar-refractivity contribution in [1.29, 1.82) is 0 Å². The van der Waals surface area contributed by atoms with Crippen molar-refractivity contribution in [3.8, 4) is 16.8 Å². The van der Waals surface area contributed by atoms with E-state index in [1.807, 2.05) is 0 Å². The van der Waals surface area contributed by atoms with E-state index in [0.29, 0.717) is 44.9 Å². The van der Waals surface area contributed by atoms with Crippen LogP contribution in [-0.2, 0) is 10.0 Å². The summed E-state index contributed by atoms with van der Waals surface area (Å²) in [7, 11) is -3.89. The molecule has 1 amide bonds. The number of anilines is 2. The summed E-state index contributed by atoms with van der Waals surface area (Å²) in [5, 5.41) is 17.0. The highest BCUT2D eigenvalue weighted by Gasteiger charge is 2.18. The van der Waals surface area contributed by atoms with Crippen molar-refractivity contribution in [2.75, 3.05) is 11.1 Å². The number of nitrogens with one attached hydrogen (secondary N) is 1. The largest absolute Gasteiger partial charge is 0.380 e. The van der Waals surface area contributed by atoms with Crippen molar-refractivity contribution in [2.24, 2.45) is 5.14 Å². The first-order chi connectivity index (χ1) is 16.7. The second-order valence-electron chi connectivity index (χ2n) is 7.90. The van der Waals surface area contributed by atoms with Gasteiger partial charge in [-0.2, -0.15) is 5.10 Å². The molecule has 11 heteroatoms. The number of carbonyl (C=O) groups excluding carboxylic acids is 1. The Morgan fingerprint density at radius 3 is 2.51 bits per heavy atom. The molecule has 0 aliphatic carbocycles. The van der Waals surface area contributed by atoms with Crippen molar-refractivity contribution >= 4 is 38.4 Å². The van der Waals surface area contributed by atoms with Crippen LogP contribution in [0.1, 0.15) is 16.2 Å². The van der Waals surface area contributed by atoms with Crippen LogP contribution in [0, 0.1) is 6.92 Å². The SMILES string of the molecule is Cc1cc(C(=O)Nc2ccc(-c3ccccc3S(N)(=O)=O)cc2)n(-c2ccc3onc(N)c3c2)n1. The van der Waals surface area contributed by atoms with Gasteiger partial charge in [-0.3, -0.25) is 4.79 Å². The van der Waals surface area contributed by atoms with Gasteiger partial charge in [0.1, 0.15) is 5.69 Å². The first kappa shape index (κ1) is 22.3.